The first-order chi connectivity index (χ1) is 50.9. The van der Waals surface area contributed by atoms with E-state index in [1.807, 2.05) is 54.6 Å². The Morgan fingerprint density at radius 3 is 0.990 bits per heavy atom. The van der Waals surface area contributed by atoms with Gasteiger partial charge in [-0.15, -0.1) is 0 Å². The fourth-order valence-electron chi connectivity index (χ4n) is 15.3. The Kier molecular flexibility index (Phi) is 16.4. The Bertz CT molecular complexity index is 6500. The van der Waals surface area contributed by atoms with Gasteiger partial charge >= 0.3 is 0 Å². The SMILES string of the molecule is Clc1c(N(c2ccccc2)c2cccc3c2ccc2ccccc23)cccc1N(c1ccccc1)c1ccc2ccc3cccc4ccc1c2c34.Clc1cccc(N(c2ccccc2)c2ccc3ccc4cccc5ccc2c3c45)c1Cl.c1ccc(Nc2cccc3c2ccc2ccccc23)cc1. The van der Waals surface area contributed by atoms with Crippen LogP contribution >= 0.6 is 34.8 Å². The number of hydrogen-bond acceptors (Lipinski definition) is 4. The van der Waals surface area contributed by atoms with Crippen molar-refractivity contribution in [1.29, 1.82) is 0 Å². The lowest BCUT2D eigenvalue weighted by Crippen LogP contribution is -2.15. The van der Waals surface area contributed by atoms with Crippen LogP contribution in [0.1, 0.15) is 0 Å². The third kappa shape index (κ3) is 11.4. The first-order valence-electron chi connectivity index (χ1n) is 34.6. The van der Waals surface area contributed by atoms with E-state index in [1.165, 1.54) is 102 Å². The third-order valence-corrected chi connectivity index (χ3v) is 21.2. The molecular formula is C96H63Cl3N4. The number of fused-ring (bicyclic) bond motifs is 6. The predicted octanol–water partition coefficient (Wildman–Crippen LogP) is 29.6. The lowest BCUT2D eigenvalue weighted by atomic mass is 9.93. The fourth-order valence-corrected chi connectivity index (χ4v) is 16.0. The molecule has 20 rings (SSSR count). The number of benzene rings is 20. The molecule has 20 aromatic carbocycles. The molecule has 0 amide bonds. The summed E-state index contributed by atoms with van der Waals surface area (Å²) in [4.78, 5) is 6.81. The van der Waals surface area contributed by atoms with Crippen molar-refractivity contribution in [3.05, 3.63) is 391 Å². The minimum absolute atomic E-state index is 0.540. The van der Waals surface area contributed by atoms with Crippen LogP contribution in [0.4, 0.5) is 62.6 Å². The van der Waals surface area contributed by atoms with Gasteiger partial charge in [-0.3, -0.25) is 0 Å². The Morgan fingerprint density at radius 1 is 0.184 bits per heavy atom. The Balaban J connectivity index is 0.000000123. The van der Waals surface area contributed by atoms with Gasteiger partial charge in [0, 0.05) is 50.0 Å². The Hall–Kier alpha value is -12.4. The molecule has 0 fully saturated rings. The lowest BCUT2D eigenvalue weighted by molar-refractivity contribution is 1.26. The van der Waals surface area contributed by atoms with Gasteiger partial charge in [-0.2, -0.15) is 0 Å². The van der Waals surface area contributed by atoms with Crippen LogP contribution < -0.4 is 20.0 Å². The Labute approximate surface area is 611 Å². The number of nitrogens with zero attached hydrogens (tertiary/aromatic N) is 3. The average molecular weight is 1380 g/mol. The van der Waals surface area contributed by atoms with Gasteiger partial charge in [-0.1, -0.05) is 314 Å². The molecule has 1 N–H and O–H groups in total. The molecule has 0 atom stereocenters. The molecule has 0 radical (unpaired) electrons. The van der Waals surface area contributed by atoms with Crippen molar-refractivity contribution in [2.75, 3.05) is 20.0 Å². The molecule has 0 aliphatic rings. The maximum absolute atomic E-state index is 7.76. The van der Waals surface area contributed by atoms with Gasteiger partial charge < -0.3 is 20.0 Å². The second-order valence-electron chi connectivity index (χ2n) is 25.9. The number of anilines is 11. The van der Waals surface area contributed by atoms with E-state index < -0.39 is 0 Å². The summed E-state index contributed by atoms with van der Waals surface area (Å²) in [5.41, 5.74) is 11.2. The molecule has 0 bridgehead atoms. The molecule has 0 saturated heterocycles. The van der Waals surface area contributed by atoms with Crippen molar-refractivity contribution in [2.45, 2.75) is 0 Å². The van der Waals surface area contributed by atoms with Crippen LogP contribution in [0.5, 0.6) is 0 Å². The molecule has 488 valence electrons. The molecule has 103 heavy (non-hydrogen) atoms. The zero-order chi connectivity index (χ0) is 68.9. The van der Waals surface area contributed by atoms with E-state index >= 15 is 0 Å². The molecule has 0 aromatic heterocycles. The minimum Gasteiger partial charge on any atom is -0.355 e. The molecule has 0 unspecified atom stereocenters. The molecule has 0 aliphatic heterocycles. The summed E-state index contributed by atoms with van der Waals surface area (Å²) in [6.07, 6.45) is 0. The van der Waals surface area contributed by atoms with E-state index in [9.17, 15) is 0 Å². The number of hydrogen-bond donors (Lipinski definition) is 1. The van der Waals surface area contributed by atoms with E-state index in [0.717, 1.165) is 67.9 Å². The summed E-state index contributed by atoms with van der Waals surface area (Å²) in [6.45, 7) is 0. The predicted molar refractivity (Wildman–Crippen MR) is 446 cm³/mol. The highest BCUT2D eigenvalue weighted by Gasteiger charge is 2.26. The number of rotatable bonds is 11. The molecule has 20 aromatic rings. The smallest absolute Gasteiger partial charge is 0.0887 e. The van der Waals surface area contributed by atoms with Crippen molar-refractivity contribution in [2.24, 2.45) is 0 Å². The van der Waals surface area contributed by atoms with E-state index in [1.54, 1.807) is 0 Å². The summed E-state index contributed by atoms with van der Waals surface area (Å²) in [6, 6.07) is 132. The summed E-state index contributed by atoms with van der Waals surface area (Å²) in [5, 5.41) is 30.1. The van der Waals surface area contributed by atoms with Crippen molar-refractivity contribution >= 4 is 205 Å². The highest BCUT2D eigenvalue weighted by molar-refractivity contribution is 6.44. The van der Waals surface area contributed by atoms with Crippen LogP contribution in [0.25, 0.3) is 108 Å². The summed E-state index contributed by atoms with van der Waals surface area (Å²) >= 11 is 20.9. The maximum Gasteiger partial charge on any atom is 0.0887 e. The summed E-state index contributed by atoms with van der Waals surface area (Å²) < 4.78 is 0. The second-order valence-corrected chi connectivity index (χ2v) is 27.1. The van der Waals surface area contributed by atoms with Crippen LogP contribution in [-0.4, -0.2) is 0 Å². The van der Waals surface area contributed by atoms with Gasteiger partial charge in [0.25, 0.3) is 0 Å². The summed E-state index contributed by atoms with van der Waals surface area (Å²) in [7, 11) is 0. The van der Waals surface area contributed by atoms with Gasteiger partial charge in [0.15, 0.2) is 0 Å². The minimum atomic E-state index is 0.540. The zero-order valence-corrected chi connectivity index (χ0v) is 58.0. The zero-order valence-electron chi connectivity index (χ0n) is 55.8. The van der Waals surface area contributed by atoms with Crippen LogP contribution in [0.2, 0.25) is 15.1 Å². The van der Waals surface area contributed by atoms with Crippen LogP contribution in [0, 0.1) is 0 Å². The van der Waals surface area contributed by atoms with Crippen molar-refractivity contribution in [3.63, 3.8) is 0 Å². The molecule has 0 spiro atoms. The first-order valence-corrected chi connectivity index (χ1v) is 35.8. The highest BCUT2D eigenvalue weighted by Crippen LogP contribution is 2.52. The average Bonchev–Trinajstić information content (AvgIpc) is 0.741. The van der Waals surface area contributed by atoms with Crippen LogP contribution in [0.15, 0.2) is 376 Å². The van der Waals surface area contributed by atoms with Crippen molar-refractivity contribution in [3.8, 4) is 0 Å². The van der Waals surface area contributed by atoms with Crippen molar-refractivity contribution < 1.29 is 0 Å². The number of para-hydroxylation sites is 4. The van der Waals surface area contributed by atoms with Gasteiger partial charge in [0.05, 0.1) is 49.2 Å². The molecule has 0 saturated carbocycles. The normalized spacial score (nSPS) is 11.4. The van der Waals surface area contributed by atoms with E-state index in [0.29, 0.717) is 15.1 Å². The second kappa shape index (κ2) is 26.9. The third-order valence-electron chi connectivity index (χ3n) is 20.0. The van der Waals surface area contributed by atoms with Gasteiger partial charge in [0.2, 0.25) is 0 Å². The molecule has 4 nitrogen and oxygen atoms in total. The standard InChI is InChI=1S/C48H31ClN2.C28H17Cl2N.C20H15N/c49-48-44(50(36-15-3-1-4-16-36)42-21-10-20-39-38-19-8-7-12-32(38)26-29-40(39)42)22-11-23-45(48)51(37-17-5-2-6-18-37)43-31-28-35-25-24-33-13-9-14-34-27-30-41(43)47(35)46(33)34;29-23-10-5-11-25(28(23)30)31(21-8-2-1-3-9-21)24-17-15-20-13-12-18-6-4-7-19-14-16-22(24)27(20)26(18)19;1-2-8-16(9-3-1)21-20-12-6-11-18-17-10-5-4-7-15(17)13-14-19(18)20/h1-31H;1-17H;1-14,21H. The monoisotopic (exact) mass is 1380 g/mol. The van der Waals surface area contributed by atoms with Gasteiger partial charge in [-0.25, -0.2) is 0 Å². The summed E-state index contributed by atoms with van der Waals surface area (Å²) in [5.74, 6) is 0. The van der Waals surface area contributed by atoms with Gasteiger partial charge in [-0.05, 0) is 183 Å². The van der Waals surface area contributed by atoms with Gasteiger partial charge in [0.1, 0.15) is 0 Å². The Morgan fingerprint density at radius 2 is 0.495 bits per heavy atom. The number of nitrogens with one attached hydrogen (secondary N) is 1. The lowest BCUT2D eigenvalue weighted by Gasteiger charge is -2.32. The quantitative estimate of drug-likeness (QED) is 0.130. The molecule has 0 heterocycles. The molecule has 7 heteroatoms. The van der Waals surface area contributed by atoms with Crippen LogP contribution in [-0.2, 0) is 0 Å². The molecule has 0 aliphatic carbocycles. The van der Waals surface area contributed by atoms with E-state index in [2.05, 4.69) is 342 Å². The van der Waals surface area contributed by atoms with Crippen molar-refractivity contribution in [1.82, 2.24) is 0 Å². The topological polar surface area (TPSA) is 21.8 Å². The highest BCUT2D eigenvalue weighted by atomic mass is 35.5. The number of halogens is 3. The fraction of sp³-hybridized carbons (Fsp3) is 0. The first kappa shape index (κ1) is 62.8. The largest absolute Gasteiger partial charge is 0.355 e. The van der Waals surface area contributed by atoms with Crippen LogP contribution in [0.3, 0.4) is 0 Å². The van der Waals surface area contributed by atoms with E-state index in [4.69, 9.17) is 34.8 Å². The maximum atomic E-state index is 7.76. The van der Waals surface area contributed by atoms with E-state index in [-0.39, 0.29) is 0 Å². The molecular weight excluding hydrogens is 1320 g/mol.